The Bertz CT molecular complexity index is 543. The second kappa shape index (κ2) is 4.82. The molecule has 0 fully saturated rings. The van der Waals surface area contributed by atoms with Crippen LogP contribution in [0, 0.1) is 6.92 Å². The molecule has 0 unspecified atom stereocenters. The van der Waals surface area contributed by atoms with Crippen LogP contribution in [0.5, 0.6) is 0 Å². The molecule has 3 nitrogen and oxygen atoms in total. The first-order valence-corrected chi connectivity index (χ1v) is 5.65. The van der Waals surface area contributed by atoms with Gasteiger partial charge in [-0.25, -0.2) is 0 Å². The molecule has 2 rings (SSSR count). The molecule has 0 aliphatic heterocycles. The summed E-state index contributed by atoms with van der Waals surface area (Å²) in [7, 11) is 0. The summed E-state index contributed by atoms with van der Waals surface area (Å²) in [4.78, 5) is 11.8. The van der Waals surface area contributed by atoms with Crippen LogP contribution in [0.1, 0.15) is 16.3 Å². The number of aryl methyl sites for hydroxylation is 1. The first-order chi connectivity index (χ1) is 8.08. The predicted octanol–water partition coefficient (Wildman–Crippen LogP) is 4.15. The van der Waals surface area contributed by atoms with Crippen LogP contribution in [0.25, 0.3) is 0 Å². The highest BCUT2D eigenvalue weighted by atomic mass is 35.5. The van der Waals surface area contributed by atoms with E-state index in [2.05, 4.69) is 5.32 Å². The van der Waals surface area contributed by atoms with Crippen molar-refractivity contribution in [1.29, 1.82) is 0 Å². The first-order valence-electron chi connectivity index (χ1n) is 4.90. The minimum atomic E-state index is -0.381. The molecule has 1 aromatic heterocycles. The van der Waals surface area contributed by atoms with Gasteiger partial charge in [0.15, 0.2) is 5.76 Å². The quantitative estimate of drug-likeness (QED) is 0.890. The Morgan fingerprint density at radius 3 is 2.35 bits per heavy atom. The molecule has 0 atom stereocenters. The lowest BCUT2D eigenvalue weighted by Crippen LogP contribution is -2.11. The van der Waals surface area contributed by atoms with E-state index in [0.717, 1.165) is 0 Å². The van der Waals surface area contributed by atoms with Crippen LogP contribution < -0.4 is 5.32 Å². The third kappa shape index (κ3) is 2.62. The molecule has 0 aliphatic rings. The third-order valence-corrected chi connectivity index (χ3v) is 2.80. The molecule has 1 aromatic carbocycles. The highest BCUT2D eigenvalue weighted by Gasteiger charge is 2.13. The van der Waals surface area contributed by atoms with Crippen LogP contribution >= 0.6 is 23.2 Å². The average molecular weight is 270 g/mol. The zero-order valence-electron chi connectivity index (χ0n) is 8.96. The summed E-state index contributed by atoms with van der Waals surface area (Å²) in [5.74, 6) is 0.506. The lowest BCUT2D eigenvalue weighted by atomic mass is 10.3. The van der Waals surface area contributed by atoms with Crippen molar-refractivity contribution < 1.29 is 9.21 Å². The van der Waals surface area contributed by atoms with Crippen LogP contribution in [0.4, 0.5) is 5.69 Å². The summed E-state index contributed by atoms with van der Waals surface area (Å²) in [6, 6.07) is 8.31. The van der Waals surface area contributed by atoms with E-state index in [4.69, 9.17) is 27.6 Å². The van der Waals surface area contributed by atoms with E-state index in [9.17, 15) is 4.79 Å². The van der Waals surface area contributed by atoms with Gasteiger partial charge in [0.1, 0.15) is 5.76 Å². The molecule has 88 valence electrons. The second-order valence-electron chi connectivity index (χ2n) is 3.46. The van der Waals surface area contributed by atoms with Gasteiger partial charge in [0.2, 0.25) is 0 Å². The van der Waals surface area contributed by atoms with Crippen LogP contribution in [-0.2, 0) is 0 Å². The number of furan rings is 1. The number of para-hydroxylation sites is 1. The van der Waals surface area contributed by atoms with Gasteiger partial charge in [-0.2, -0.15) is 0 Å². The van der Waals surface area contributed by atoms with Crippen molar-refractivity contribution >= 4 is 34.8 Å². The Labute approximate surface area is 108 Å². The van der Waals surface area contributed by atoms with Gasteiger partial charge in [-0.15, -0.1) is 0 Å². The largest absolute Gasteiger partial charge is 0.456 e. The van der Waals surface area contributed by atoms with Crippen LogP contribution in [-0.4, -0.2) is 5.91 Å². The van der Waals surface area contributed by atoms with Gasteiger partial charge in [-0.1, -0.05) is 29.3 Å². The highest BCUT2D eigenvalue weighted by Crippen LogP contribution is 2.30. The van der Waals surface area contributed by atoms with Gasteiger partial charge < -0.3 is 9.73 Å². The second-order valence-corrected chi connectivity index (χ2v) is 4.28. The SMILES string of the molecule is Cc1ccc(C(=O)Nc2c(Cl)cccc2Cl)o1. The molecule has 17 heavy (non-hydrogen) atoms. The number of rotatable bonds is 2. The summed E-state index contributed by atoms with van der Waals surface area (Å²) in [5.41, 5.74) is 0.384. The van der Waals surface area contributed by atoms with Crippen molar-refractivity contribution in [3.8, 4) is 0 Å². The average Bonchev–Trinajstić information content (AvgIpc) is 2.70. The minimum Gasteiger partial charge on any atom is -0.456 e. The zero-order valence-corrected chi connectivity index (χ0v) is 10.5. The smallest absolute Gasteiger partial charge is 0.291 e. The number of anilines is 1. The Kier molecular flexibility index (Phi) is 3.41. The molecule has 5 heteroatoms. The number of carbonyl (C=O) groups is 1. The maximum absolute atomic E-state index is 11.8. The number of amides is 1. The zero-order chi connectivity index (χ0) is 12.4. The van der Waals surface area contributed by atoms with E-state index in [1.807, 2.05) is 0 Å². The summed E-state index contributed by atoms with van der Waals surface area (Å²) in [6.07, 6.45) is 0. The molecule has 2 aromatic rings. The van der Waals surface area contributed by atoms with Crippen molar-refractivity contribution in [1.82, 2.24) is 0 Å². The fourth-order valence-corrected chi connectivity index (χ4v) is 1.84. The van der Waals surface area contributed by atoms with Crippen molar-refractivity contribution in [2.75, 3.05) is 5.32 Å². The minimum absolute atomic E-state index is 0.221. The summed E-state index contributed by atoms with van der Waals surface area (Å²) in [6.45, 7) is 1.76. The van der Waals surface area contributed by atoms with Gasteiger partial charge in [-0.05, 0) is 31.2 Å². The Balaban J connectivity index is 2.24. The molecule has 1 amide bonds. The molecular formula is C12H9Cl2NO2. The van der Waals surface area contributed by atoms with E-state index >= 15 is 0 Å². The van der Waals surface area contributed by atoms with Crippen molar-refractivity contribution in [2.24, 2.45) is 0 Å². The third-order valence-electron chi connectivity index (χ3n) is 2.17. The summed E-state index contributed by atoms with van der Waals surface area (Å²) < 4.78 is 5.20. The maximum atomic E-state index is 11.8. The fourth-order valence-electron chi connectivity index (χ4n) is 1.35. The van der Waals surface area contributed by atoms with Gasteiger partial charge >= 0.3 is 0 Å². The van der Waals surface area contributed by atoms with E-state index in [1.54, 1.807) is 37.3 Å². The standard InChI is InChI=1S/C12H9Cl2NO2/c1-7-5-6-10(17-7)12(16)15-11-8(13)3-2-4-9(11)14/h2-6H,1H3,(H,15,16). The molecule has 0 radical (unpaired) electrons. The number of hydrogen-bond donors (Lipinski definition) is 1. The van der Waals surface area contributed by atoms with Gasteiger partial charge in [-0.3, -0.25) is 4.79 Å². The molecule has 0 bridgehead atoms. The fraction of sp³-hybridized carbons (Fsp3) is 0.0833. The van der Waals surface area contributed by atoms with E-state index in [1.165, 1.54) is 0 Å². The van der Waals surface area contributed by atoms with Gasteiger partial charge in [0.05, 0.1) is 15.7 Å². The van der Waals surface area contributed by atoms with Crippen LogP contribution in [0.15, 0.2) is 34.7 Å². The molecule has 0 saturated carbocycles. The van der Waals surface area contributed by atoms with Crippen LogP contribution in [0.3, 0.4) is 0 Å². The molecular weight excluding hydrogens is 261 g/mol. The normalized spacial score (nSPS) is 10.3. The monoisotopic (exact) mass is 269 g/mol. The number of nitrogens with one attached hydrogen (secondary N) is 1. The van der Waals surface area contributed by atoms with Gasteiger partial charge in [0.25, 0.3) is 5.91 Å². The Hall–Kier alpha value is -1.45. The van der Waals surface area contributed by atoms with Gasteiger partial charge in [0, 0.05) is 0 Å². The van der Waals surface area contributed by atoms with E-state index in [-0.39, 0.29) is 11.7 Å². The maximum Gasteiger partial charge on any atom is 0.291 e. The number of halogens is 2. The summed E-state index contributed by atoms with van der Waals surface area (Å²) in [5, 5.41) is 3.38. The molecule has 0 saturated heterocycles. The Morgan fingerprint density at radius 1 is 1.18 bits per heavy atom. The van der Waals surface area contributed by atoms with E-state index < -0.39 is 0 Å². The Morgan fingerprint density at radius 2 is 1.82 bits per heavy atom. The van der Waals surface area contributed by atoms with Crippen molar-refractivity contribution in [2.45, 2.75) is 6.92 Å². The highest BCUT2D eigenvalue weighted by molar-refractivity contribution is 6.39. The number of hydrogen-bond acceptors (Lipinski definition) is 2. The molecule has 0 aliphatic carbocycles. The summed E-state index contributed by atoms with van der Waals surface area (Å²) >= 11 is 11.9. The molecule has 1 heterocycles. The molecule has 0 spiro atoms. The van der Waals surface area contributed by atoms with E-state index in [0.29, 0.717) is 21.5 Å². The first kappa shape index (κ1) is 12.0. The lowest BCUT2D eigenvalue weighted by Gasteiger charge is -2.07. The lowest BCUT2D eigenvalue weighted by molar-refractivity contribution is 0.0995. The number of carbonyl (C=O) groups excluding carboxylic acids is 1. The molecule has 1 N–H and O–H groups in total. The predicted molar refractivity (Wildman–Crippen MR) is 67.9 cm³/mol. The van der Waals surface area contributed by atoms with Crippen molar-refractivity contribution in [3.05, 3.63) is 51.9 Å². The van der Waals surface area contributed by atoms with Crippen molar-refractivity contribution in [3.63, 3.8) is 0 Å². The number of benzene rings is 1. The topological polar surface area (TPSA) is 42.2 Å². The van der Waals surface area contributed by atoms with Crippen LogP contribution in [0.2, 0.25) is 10.0 Å².